The molecule has 1 fully saturated rings. The predicted molar refractivity (Wildman–Crippen MR) is 129 cm³/mol. The SMILES string of the molecule is CCCCCCCCCCn1cc(CCC2(N(C(=O)O)C(C)(C)C)COC(C)(C)OC2)nn1. The first-order chi connectivity index (χ1) is 15.5. The minimum atomic E-state index is -0.965. The monoisotopic (exact) mass is 466 g/mol. The summed E-state index contributed by atoms with van der Waals surface area (Å²) in [6.45, 7) is 13.1. The van der Waals surface area contributed by atoms with Gasteiger partial charge in [0.05, 0.1) is 24.4 Å². The number of carboxylic acid groups (broad SMARTS) is 1. The summed E-state index contributed by atoms with van der Waals surface area (Å²) >= 11 is 0. The molecule has 1 N–H and O–H groups in total. The molecule has 0 aliphatic carbocycles. The topological polar surface area (TPSA) is 89.7 Å². The summed E-state index contributed by atoms with van der Waals surface area (Å²) in [6.07, 6.45) is 12.5. The quantitative estimate of drug-likeness (QED) is 0.378. The normalized spacial score (nSPS) is 17.8. The van der Waals surface area contributed by atoms with Crippen LogP contribution in [0.4, 0.5) is 4.79 Å². The Labute approximate surface area is 200 Å². The lowest BCUT2D eigenvalue weighted by atomic mass is 9.87. The molecule has 0 aromatic carbocycles. The number of aryl methyl sites for hydroxylation is 2. The fourth-order valence-corrected chi connectivity index (χ4v) is 4.62. The highest BCUT2D eigenvalue weighted by Crippen LogP contribution is 2.36. The van der Waals surface area contributed by atoms with Gasteiger partial charge in [-0.2, -0.15) is 0 Å². The second kappa shape index (κ2) is 12.2. The third-order valence-corrected chi connectivity index (χ3v) is 6.39. The molecule has 1 amide bonds. The van der Waals surface area contributed by atoms with Gasteiger partial charge in [0, 0.05) is 18.3 Å². The van der Waals surface area contributed by atoms with Crippen LogP contribution in [-0.2, 0) is 22.4 Å². The fraction of sp³-hybridized carbons (Fsp3) is 0.880. The number of nitrogens with zero attached hydrogens (tertiary/aromatic N) is 4. The average Bonchev–Trinajstić information content (AvgIpc) is 3.17. The predicted octanol–water partition coefficient (Wildman–Crippen LogP) is 5.65. The number of hydrogen-bond acceptors (Lipinski definition) is 5. The van der Waals surface area contributed by atoms with Crippen LogP contribution in [0, 0.1) is 0 Å². The minimum Gasteiger partial charge on any atom is -0.465 e. The lowest BCUT2D eigenvalue weighted by Crippen LogP contribution is -2.67. The van der Waals surface area contributed by atoms with E-state index in [2.05, 4.69) is 17.2 Å². The molecule has 1 aliphatic heterocycles. The van der Waals surface area contributed by atoms with E-state index >= 15 is 0 Å². The molecular formula is C25H46N4O4. The molecule has 1 aromatic heterocycles. The van der Waals surface area contributed by atoms with Crippen LogP contribution in [0.1, 0.15) is 105 Å². The van der Waals surface area contributed by atoms with E-state index in [0.29, 0.717) is 12.8 Å². The highest BCUT2D eigenvalue weighted by Gasteiger charge is 2.50. The third kappa shape index (κ3) is 8.56. The maximum Gasteiger partial charge on any atom is 0.408 e. The molecule has 8 nitrogen and oxygen atoms in total. The first-order valence-corrected chi connectivity index (χ1v) is 12.7. The third-order valence-electron chi connectivity index (χ3n) is 6.39. The Balaban J connectivity index is 1.92. The Hall–Kier alpha value is -1.67. The van der Waals surface area contributed by atoms with Crippen LogP contribution < -0.4 is 0 Å². The van der Waals surface area contributed by atoms with Crippen molar-refractivity contribution < 1.29 is 19.4 Å². The highest BCUT2D eigenvalue weighted by molar-refractivity contribution is 5.67. The Morgan fingerprint density at radius 3 is 2.21 bits per heavy atom. The zero-order valence-electron chi connectivity index (χ0n) is 21.7. The first-order valence-electron chi connectivity index (χ1n) is 12.7. The largest absolute Gasteiger partial charge is 0.465 e. The fourth-order valence-electron chi connectivity index (χ4n) is 4.62. The van der Waals surface area contributed by atoms with Gasteiger partial charge in [0.15, 0.2) is 5.79 Å². The van der Waals surface area contributed by atoms with Crippen LogP contribution in [0.3, 0.4) is 0 Å². The van der Waals surface area contributed by atoms with Crippen LogP contribution >= 0.6 is 0 Å². The summed E-state index contributed by atoms with van der Waals surface area (Å²) in [5.74, 6) is -0.718. The second-order valence-corrected chi connectivity index (χ2v) is 10.9. The molecular weight excluding hydrogens is 420 g/mol. The van der Waals surface area contributed by atoms with Crippen LogP contribution in [0.25, 0.3) is 0 Å². The van der Waals surface area contributed by atoms with Crippen LogP contribution in [0.2, 0.25) is 0 Å². The summed E-state index contributed by atoms with van der Waals surface area (Å²) in [7, 11) is 0. The molecule has 0 spiro atoms. The molecule has 8 heteroatoms. The number of hydrogen-bond donors (Lipinski definition) is 1. The average molecular weight is 467 g/mol. The standard InChI is InChI=1S/C25H46N4O4/c1-7-8-9-10-11-12-13-14-17-28-18-21(26-27-28)15-16-25(19-32-24(5,6)33-20-25)29(22(30)31)23(2,3)4/h18H,7-17,19-20H2,1-6H3,(H,30,31). The van der Waals surface area contributed by atoms with Crippen molar-refractivity contribution in [2.45, 2.75) is 129 Å². The van der Waals surface area contributed by atoms with Crippen molar-refractivity contribution in [2.75, 3.05) is 13.2 Å². The number of aromatic nitrogens is 3. The van der Waals surface area contributed by atoms with Crippen LogP contribution in [0.5, 0.6) is 0 Å². The number of carbonyl (C=O) groups is 1. The Morgan fingerprint density at radius 1 is 1.09 bits per heavy atom. The molecule has 1 aromatic rings. The Kier molecular flexibility index (Phi) is 10.2. The lowest BCUT2D eigenvalue weighted by molar-refractivity contribution is -0.289. The smallest absolute Gasteiger partial charge is 0.408 e. The van der Waals surface area contributed by atoms with Crippen molar-refractivity contribution in [3.8, 4) is 0 Å². The molecule has 0 radical (unpaired) electrons. The zero-order valence-corrected chi connectivity index (χ0v) is 21.7. The van der Waals surface area contributed by atoms with Crippen molar-refractivity contribution >= 4 is 6.09 Å². The van der Waals surface area contributed by atoms with Gasteiger partial charge in [0.25, 0.3) is 0 Å². The van der Waals surface area contributed by atoms with Crippen LogP contribution in [0.15, 0.2) is 6.20 Å². The summed E-state index contributed by atoms with van der Waals surface area (Å²) in [4.78, 5) is 13.8. The first kappa shape index (κ1) is 27.6. The molecule has 0 bridgehead atoms. The van der Waals surface area contributed by atoms with Gasteiger partial charge in [-0.15, -0.1) is 5.10 Å². The molecule has 1 aliphatic rings. The van der Waals surface area contributed by atoms with Gasteiger partial charge in [0.1, 0.15) is 0 Å². The molecule has 2 rings (SSSR count). The van der Waals surface area contributed by atoms with Gasteiger partial charge in [0.2, 0.25) is 0 Å². The summed E-state index contributed by atoms with van der Waals surface area (Å²) in [6, 6.07) is 0. The maximum absolute atomic E-state index is 12.3. The van der Waals surface area contributed by atoms with E-state index in [-0.39, 0.29) is 13.2 Å². The number of ether oxygens (including phenoxy) is 2. The number of unbranched alkanes of at least 4 members (excludes halogenated alkanes) is 7. The molecule has 33 heavy (non-hydrogen) atoms. The van der Waals surface area contributed by atoms with E-state index < -0.39 is 23.0 Å². The molecule has 190 valence electrons. The van der Waals surface area contributed by atoms with E-state index in [1.54, 1.807) is 0 Å². The van der Waals surface area contributed by atoms with E-state index in [4.69, 9.17) is 9.47 Å². The van der Waals surface area contributed by atoms with Crippen molar-refractivity contribution in [1.29, 1.82) is 0 Å². The van der Waals surface area contributed by atoms with E-state index in [1.165, 1.54) is 49.8 Å². The Morgan fingerprint density at radius 2 is 1.67 bits per heavy atom. The van der Waals surface area contributed by atoms with Gasteiger partial charge in [-0.25, -0.2) is 4.79 Å². The molecule has 0 unspecified atom stereocenters. The van der Waals surface area contributed by atoms with Crippen LogP contribution in [-0.4, -0.2) is 61.2 Å². The zero-order chi connectivity index (χ0) is 24.5. The molecule has 0 saturated carbocycles. The minimum absolute atomic E-state index is 0.288. The number of amides is 1. The van der Waals surface area contributed by atoms with E-state index in [0.717, 1.165) is 18.7 Å². The van der Waals surface area contributed by atoms with Gasteiger partial charge in [-0.05, 0) is 53.9 Å². The summed E-state index contributed by atoms with van der Waals surface area (Å²) in [5.41, 5.74) is -0.493. The van der Waals surface area contributed by atoms with E-state index in [1.807, 2.05) is 45.5 Å². The van der Waals surface area contributed by atoms with Gasteiger partial charge < -0.3 is 14.6 Å². The number of rotatable bonds is 13. The summed E-state index contributed by atoms with van der Waals surface area (Å²) < 4.78 is 13.8. The summed E-state index contributed by atoms with van der Waals surface area (Å²) in [5, 5.41) is 18.7. The van der Waals surface area contributed by atoms with Crippen molar-refractivity contribution in [3.63, 3.8) is 0 Å². The highest BCUT2D eigenvalue weighted by atomic mass is 16.7. The molecule has 2 heterocycles. The van der Waals surface area contributed by atoms with Crippen molar-refractivity contribution in [2.24, 2.45) is 0 Å². The van der Waals surface area contributed by atoms with Gasteiger partial charge >= 0.3 is 6.09 Å². The molecule has 0 atom stereocenters. The lowest BCUT2D eigenvalue weighted by Gasteiger charge is -2.52. The van der Waals surface area contributed by atoms with Gasteiger partial charge in [-0.3, -0.25) is 9.58 Å². The Bertz CT molecular complexity index is 716. The maximum atomic E-state index is 12.3. The van der Waals surface area contributed by atoms with Crippen molar-refractivity contribution in [1.82, 2.24) is 19.9 Å². The molecule has 1 saturated heterocycles. The van der Waals surface area contributed by atoms with Crippen molar-refractivity contribution in [3.05, 3.63) is 11.9 Å². The van der Waals surface area contributed by atoms with E-state index in [9.17, 15) is 9.90 Å². The van der Waals surface area contributed by atoms with Gasteiger partial charge in [-0.1, -0.05) is 57.1 Å². The second-order valence-electron chi connectivity index (χ2n) is 10.9.